The van der Waals surface area contributed by atoms with Gasteiger partial charge >= 0.3 is 0 Å². The van der Waals surface area contributed by atoms with Gasteiger partial charge in [-0.3, -0.25) is 0 Å². The van der Waals surface area contributed by atoms with Gasteiger partial charge in [-0.15, -0.1) is 0 Å². The largest absolute Gasteiger partial charge is 0.359 e. The van der Waals surface area contributed by atoms with Gasteiger partial charge in [0.1, 0.15) is 6.17 Å². The normalized spacial score (nSPS) is 18.5. The van der Waals surface area contributed by atoms with Crippen molar-refractivity contribution in [1.82, 2.24) is 0 Å². The summed E-state index contributed by atoms with van der Waals surface area (Å²) < 4.78 is 0. The third-order valence-corrected chi connectivity index (χ3v) is 10.0. The molecule has 2 unspecified atom stereocenters. The van der Waals surface area contributed by atoms with E-state index in [1.807, 2.05) is 0 Å². The number of rotatable bonds is 2. The summed E-state index contributed by atoms with van der Waals surface area (Å²) in [5, 5.41) is 6.44. The minimum absolute atomic E-state index is 0.0194. The van der Waals surface area contributed by atoms with Gasteiger partial charge in [0.05, 0.1) is 16.8 Å². The first kappa shape index (κ1) is 23.9. The van der Waals surface area contributed by atoms with Crippen LogP contribution in [0.5, 0.6) is 0 Å². The zero-order chi connectivity index (χ0) is 28.8. The maximum atomic E-state index is 3.91. The molecule has 10 rings (SSSR count). The number of benzene rings is 7. The molecule has 1 N–H and O–H groups in total. The third-order valence-electron chi connectivity index (χ3n) is 10.0. The van der Waals surface area contributed by atoms with E-state index in [0.717, 1.165) is 0 Å². The Morgan fingerprint density at radius 2 is 1.16 bits per heavy atom. The van der Waals surface area contributed by atoms with Crippen molar-refractivity contribution >= 4 is 27.8 Å². The fraction of sp³-hybridized carbons (Fsp3) is 0.0476. The molecule has 44 heavy (non-hydrogen) atoms. The Morgan fingerprint density at radius 1 is 0.477 bits per heavy atom. The predicted octanol–water partition coefficient (Wildman–Crippen LogP) is 10.4. The number of anilines is 3. The van der Waals surface area contributed by atoms with Crippen LogP contribution in [0.3, 0.4) is 0 Å². The molecule has 0 radical (unpaired) electrons. The number of para-hydroxylation sites is 2. The molecule has 0 aromatic heterocycles. The summed E-state index contributed by atoms with van der Waals surface area (Å²) in [4.78, 5) is 2.54. The zero-order valence-electron chi connectivity index (χ0n) is 24.0. The molecule has 0 saturated heterocycles. The van der Waals surface area contributed by atoms with Crippen molar-refractivity contribution < 1.29 is 0 Å². The SMILES string of the molecule is c1ccc(C2Nc3cccc4c3N2c2ccccc2C42c3ccccc3-c3ccc(-c4ccc5ccccc5c4)cc32)cc1. The van der Waals surface area contributed by atoms with Crippen LogP contribution in [-0.2, 0) is 5.41 Å². The van der Waals surface area contributed by atoms with Crippen LogP contribution in [0.25, 0.3) is 33.0 Å². The monoisotopic (exact) mass is 560 g/mol. The van der Waals surface area contributed by atoms with Gasteiger partial charge in [0.25, 0.3) is 0 Å². The lowest BCUT2D eigenvalue weighted by molar-refractivity contribution is 0.720. The summed E-state index contributed by atoms with van der Waals surface area (Å²) in [6.07, 6.45) is 0.0194. The molecule has 1 spiro atoms. The van der Waals surface area contributed by atoms with E-state index in [0.29, 0.717) is 0 Å². The molecule has 2 heterocycles. The Kier molecular flexibility index (Phi) is 4.74. The Hall–Kier alpha value is -5.60. The second kappa shape index (κ2) is 8.72. The van der Waals surface area contributed by atoms with Crippen molar-refractivity contribution in [1.29, 1.82) is 0 Å². The minimum atomic E-state index is -0.440. The van der Waals surface area contributed by atoms with Crippen LogP contribution in [0.1, 0.15) is 34.0 Å². The van der Waals surface area contributed by atoms with Crippen LogP contribution in [0.4, 0.5) is 17.1 Å². The van der Waals surface area contributed by atoms with Gasteiger partial charge in [-0.1, -0.05) is 133 Å². The Labute approximate surface area is 256 Å². The molecule has 0 fully saturated rings. The van der Waals surface area contributed by atoms with E-state index in [-0.39, 0.29) is 6.17 Å². The van der Waals surface area contributed by atoms with Gasteiger partial charge < -0.3 is 10.2 Å². The van der Waals surface area contributed by atoms with E-state index in [9.17, 15) is 0 Å². The van der Waals surface area contributed by atoms with E-state index in [1.165, 1.54) is 77.9 Å². The predicted molar refractivity (Wildman–Crippen MR) is 182 cm³/mol. The summed E-state index contributed by atoms with van der Waals surface area (Å²) >= 11 is 0. The molecule has 0 saturated carbocycles. The van der Waals surface area contributed by atoms with Crippen molar-refractivity contribution in [2.75, 3.05) is 10.2 Å². The maximum Gasteiger partial charge on any atom is 0.130 e. The summed E-state index contributed by atoms with van der Waals surface area (Å²) in [6, 6.07) is 58.4. The maximum absolute atomic E-state index is 3.91. The smallest absolute Gasteiger partial charge is 0.130 e. The van der Waals surface area contributed by atoms with E-state index in [4.69, 9.17) is 0 Å². The van der Waals surface area contributed by atoms with Gasteiger partial charge in [0.15, 0.2) is 0 Å². The van der Waals surface area contributed by atoms with E-state index >= 15 is 0 Å². The highest BCUT2D eigenvalue weighted by Crippen LogP contribution is 2.66. The third kappa shape index (κ3) is 3.00. The Balaban J connectivity index is 1.28. The van der Waals surface area contributed by atoms with Gasteiger partial charge in [-0.25, -0.2) is 0 Å². The topological polar surface area (TPSA) is 15.3 Å². The second-order valence-corrected chi connectivity index (χ2v) is 12.2. The fourth-order valence-electron chi connectivity index (χ4n) is 8.24. The standard InChI is InChI=1S/C42H28N2/c1-2-12-28(13-3-1)41-43-38-19-10-18-36-40(38)44(41)39-20-9-8-17-35(39)42(36)34-16-7-6-15-32(34)33-24-23-31(26-37(33)42)30-22-21-27-11-4-5-14-29(27)25-30/h1-26,41,43H. The highest BCUT2D eigenvalue weighted by Gasteiger charge is 2.54. The van der Waals surface area contributed by atoms with Crippen molar-refractivity contribution in [2.24, 2.45) is 0 Å². The Bertz CT molecular complexity index is 2280. The van der Waals surface area contributed by atoms with Crippen LogP contribution in [0.15, 0.2) is 158 Å². The highest BCUT2D eigenvalue weighted by molar-refractivity contribution is 5.99. The lowest BCUT2D eigenvalue weighted by Gasteiger charge is -2.44. The fourth-order valence-corrected chi connectivity index (χ4v) is 8.24. The molecule has 7 aromatic carbocycles. The molecule has 206 valence electrons. The molecule has 0 bridgehead atoms. The van der Waals surface area contributed by atoms with Crippen molar-refractivity contribution in [2.45, 2.75) is 11.6 Å². The van der Waals surface area contributed by atoms with Gasteiger partial charge in [-0.2, -0.15) is 0 Å². The molecule has 1 aliphatic carbocycles. The number of nitrogens with zero attached hydrogens (tertiary/aromatic N) is 1. The van der Waals surface area contributed by atoms with Crippen LogP contribution < -0.4 is 10.2 Å². The Morgan fingerprint density at radius 3 is 2.07 bits per heavy atom. The minimum Gasteiger partial charge on any atom is -0.359 e. The lowest BCUT2D eigenvalue weighted by atomic mass is 9.64. The molecule has 2 aliphatic heterocycles. The van der Waals surface area contributed by atoms with Crippen molar-refractivity contribution in [3.8, 4) is 22.3 Å². The van der Waals surface area contributed by atoms with Crippen LogP contribution >= 0.6 is 0 Å². The summed E-state index contributed by atoms with van der Waals surface area (Å²) in [6.45, 7) is 0. The van der Waals surface area contributed by atoms with E-state index in [1.54, 1.807) is 0 Å². The average molecular weight is 561 g/mol. The average Bonchev–Trinajstić information content (AvgIpc) is 3.62. The summed E-state index contributed by atoms with van der Waals surface area (Å²) in [5.41, 5.74) is 15.0. The van der Waals surface area contributed by atoms with Crippen LogP contribution in [0, 0.1) is 0 Å². The van der Waals surface area contributed by atoms with Crippen molar-refractivity contribution in [3.63, 3.8) is 0 Å². The zero-order valence-corrected chi connectivity index (χ0v) is 24.0. The van der Waals surface area contributed by atoms with E-state index in [2.05, 4.69) is 168 Å². The molecule has 7 aromatic rings. The first-order valence-corrected chi connectivity index (χ1v) is 15.4. The number of nitrogens with one attached hydrogen (secondary N) is 1. The quantitative estimate of drug-likeness (QED) is 0.226. The molecule has 2 atom stereocenters. The van der Waals surface area contributed by atoms with Crippen molar-refractivity contribution in [3.05, 3.63) is 186 Å². The van der Waals surface area contributed by atoms with Gasteiger partial charge in [0.2, 0.25) is 0 Å². The lowest BCUT2D eigenvalue weighted by Crippen LogP contribution is -2.37. The summed E-state index contributed by atoms with van der Waals surface area (Å²) in [7, 11) is 0. The second-order valence-electron chi connectivity index (χ2n) is 12.2. The van der Waals surface area contributed by atoms with Gasteiger partial charge in [0, 0.05) is 5.69 Å². The van der Waals surface area contributed by atoms with E-state index < -0.39 is 5.41 Å². The molecule has 2 heteroatoms. The number of hydrogen-bond donors (Lipinski definition) is 1. The van der Waals surface area contributed by atoms with Crippen LogP contribution in [-0.4, -0.2) is 0 Å². The number of fused-ring (bicyclic) bond motifs is 10. The summed E-state index contributed by atoms with van der Waals surface area (Å²) in [5.74, 6) is 0. The molecule has 0 amide bonds. The van der Waals surface area contributed by atoms with Crippen LogP contribution in [0.2, 0.25) is 0 Å². The first-order valence-electron chi connectivity index (χ1n) is 15.4. The molecular weight excluding hydrogens is 532 g/mol. The van der Waals surface area contributed by atoms with Gasteiger partial charge in [-0.05, 0) is 85.1 Å². The molecular formula is C42H28N2. The molecule has 2 nitrogen and oxygen atoms in total. The first-order chi connectivity index (χ1) is 21.8. The number of hydrogen-bond acceptors (Lipinski definition) is 2. The molecule has 3 aliphatic rings. The highest BCUT2D eigenvalue weighted by atomic mass is 15.3.